The van der Waals surface area contributed by atoms with Crippen molar-refractivity contribution in [1.29, 1.82) is 0 Å². The number of hydrogen-bond acceptors (Lipinski definition) is 6. The Kier molecular flexibility index (Phi) is 7.60. The first-order valence-electron chi connectivity index (χ1n) is 12.3. The monoisotopic (exact) mass is 606 g/mol. The molecule has 0 radical (unpaired) electrons. The van der Waals surface area contributed by atoms with Crippen LogP contribution in [0.15, 0.2) is 54.6 Å². The van der Waals surface area contributed by atoms with Gasteiger partial charge in [0, 0.05) is 20.8 Å². The number of carbonyl (C=O) groups excluding carboxylic acids is 3. The quantitative estimate of drug-likeness (QED) is 0.349. The minimum Gasteiger partial charge on any atom is -0.466 e. The van der Waals surface area contributed by atoms with Gasteiger partial charge in [-0.25, -0.2) is 0 Å². The van der Waals surface area contributed by atoms with Crippen LogP contribution in [-0.4, -0.2) is 67.9 Å². The molecule has 2 N–H and O–H groups in total. The first kappa shape index (κ1) is 26.5. The molecule has 3 aliphatic heterocycles. The van der Waals surface area contributed by atoms with Crippen LogP contribution in [0.5, 0.6) is 0 Å². The summed E-state index contributed by atoms with van der Waals surface area (Å²) in [7, 11) is 0. The average molecular weight is 608 g/mol. The Morgan fingerprint density at radius 2 is 1.95 bits per heavy atom. The Morgan fingerprint density at radius 1 is 1.24 bits per heavy atom. The molecule has 3 heterocycles. The summed E-state index contributed by atoms with van der Waals surface area (Å²) >= 11 is 11.3. The van der Waals surface area contributed by atoms with Crippen molar-refractivity contribution in [1.82, 2.24) is 4.90 Å². The van der Waals surface area contributed by atoms with Gasteiger partial charge < -0.3 is 20.1 Å². The van der Waals surface area contributed by atoms with Crippen LogP contribution in [0.1, 0.15) is 18.9 Å². The van der Waals surface area contributed by atoms with Gasteiger partial charge in [-0.15, -0.1) is 11.8 Å². The lowest BCUT2D eigenvalue weighted by atomic mass is 9.71. The molecule has 3 unspecified atom stereocenters. The minimum atomic E-state index is -0.879. The Bertz CT molecular complexity index is 1190. The fraction of sp³-hybridized carbons (Fsp3) is 0.444. The highest BCUT2D eigenvalue weighted by atomic mass is 79.9. The van der Waals surface area contributed by atoms with Crippen molar-refractivity contribution in [3.8, 4) is 0 Å². The van der Waals surface area contributed by atoms with Gasteiger partial charge in [0.25, 0.3) is 0 Å². The number of esters is 1. The van der Waals surface area contributed by atoms with Crippen molar-refractivity contribution in [3.63, 3.8) is 0 Å². The third-order valence-electron chi connectivity index (χ3n) is 7.56. The average Bonchev–Trinajstić information content (AvgIpc) is 3.48. The molecule has 2 bridgehead atoms. The van der Waals surface area contributed by atoms with Gasteiger partial charge in [0.15, 0.2) is 0 Å². The maximum Gasteiger partial charge on any atom is 0.310 e. The van der Waals surface area contributed by atoms with E-state index >= 15 is 0 Å². The van der Waals surface area contributed by atoms with E-state index in [2.05, 4.69) is 21.2 Å². The Hall–Kier alpha value is -2.07. The molecule has 10 heteroatoms. The van der Waals surface area contributed by atoms with Gasteiger partial charge in [0.1, 0.15) is 6.04 Å². The lowest BCUT2D eigenvalue weighted by Crippen LogP contribution is -2.55. The molecule has 5 rings (SSSR count). The summed E-state index contributed by atoms with van der Waals surface area (Å²) in [6.07, 6.45) is 0.930. The number of hydrogen-bond donors (Lipinski definition) is 2. The Morgan fingerprint density at radius 3 is 2.59 bits per heavy atom. The highest BCUT2D eigenvalue weighted by Crippen LogP contribution is 2.68. The number of anilines is 1. The molecule has 3 aliphatic rings. The second-order valence-corrected chi connectivity index (χ2v) is 12.8. The van der Waals surface area contributed by atoms with Crippen LogP contribution in [0.25, 0.3) is 0 Å². The summed E-state index contributed by atoms with van der Waals surface area (Å²) in [6.45, 7) is 1.64. The lowest BCUT2D eigenvalue weighted by Gasteiger charge is -2.37. The van der Waals surface area contributed by atoms with Crippen LogP contribution in [-0.2, 0) is 25.5 Å². The molecular formula is C27H28BrClN2O5S. The van der Waals surface area contributed by atoms with E-state index in [0.717, 1.165) is 5.56 Å². The molecule has 0 aromatic heterocycles. The van der Waals surface area contributed by atoms with Gasteiger partial charge in [0.2, 0.25) is 11.8 Å². The molecule has 2 amide bonds. The molecule has 3 saturated heterocycles. The number of ether oxygens (including phenoxy) is 1. The van der Waals surface area contributed by atoms with Gasteiger partial charge in [-0.2, -0.15) is 0 Å². The first-order chi connectivity index (χ1) is 17.8. The number of likely N-dealkylation sites (tertiary alicyclic amines) is 1. The molecule has 3 fully saturated rings. The van der Waals surface area contributed by atoms with Gasteiger partial charge in [-0.05, 0) is 49.6 Å². The third kappa shape index (κ3) is 4.58. The summed E-state index contributed by atoms with van der Waals surface area (Å²) in [5.74, 6) is -2.41. The summed E-state index contributed by atoms with van der Waals surface area (Å²) in [6, 6.07) is 14.8. The van der Waals surface area contributed by atoms with Gasteiger partial charge >= 0.3 is 5.97 Å². The summed E-state index contributed by atoms with van der Waals surface area (Å²) in [5.41, 5.74) is 1.50. The predicted molar refractivity (Wildman–Crippen MR) is 147 cm³/mol. The highest BCUT2D eigenvalue weighted by Gasteiger charge is 2.76. The number of nitrogens with zero attached hydrogens (tertiary/aromatic N) is 1. The largest absolute Gasteiger partial charge is 0.466 e. The van der Waals surface area contributed by atoms with Crippen LogP contribution < -0.4 is 5.32 Å². The lowest BCUT2D eigenvalue weighted by molar-refractivity contribution is -0.154. The number of aliphatic hydroxyl groups is 1. The van der Waals surface area contributed by atoms with Crippen molar-refractivity contribution >= 4 is 62.8 Å². The number of alkyl halides is 1. The molecular weight excluding hydrogens is 580 g/mol. The second-order valence-electron chi connectivity index (χ2n) is 9.68. The van der Waals surface area contributed by atoms with E-state index in [1.54, 1.807) is 36.1 Å². The maximum absolute atomic E-state index is 14.2. The van der Waals surface area contributed by atoms with Crippen molar-refractivity contribution in [3.05, 3.63) is 65.2 Å². The Balaban J connectivity index is 1.56. The van der Waals surface area contributed by atoms with E-state index in [-0.39, 0.29) is 35.1 Å². The van der Waals surface area contributed by atoms with Crippen molar-refractivity contribution in [2.24, 2.45) is 11.8 Å². The third-order valence-corrected chi connectivity index (χ3v) is 11.0. The van der Waals surface area contributed by atoms with Crippen molar-refractivity contribution in [2.75, 3.05) is 18.5 Å². The number of halogens is 2. The number of nitrogens with one attached hydrogen (secondary N) is 1. The summed E-state index contributed by atoms with van der Waals surface area (Å²) in [5, 5.41) is 13.8. The normalized spacial score (nSPS) is 30.8. The second kappa shape index (κ2) is 10.6. The van der Waals surface area contributed by atoms with E-state index in [9.17, 15) is 19.5 Å². The Labute approximate surface area is 233 Å². The van der Waals surface area contributed by atoms with Crippen LogP contribution in [0.2, 0.25) is 5.02 Å². The fourth-order valence-electron chi connectivity index (χ4n) is 6.15. The number of amides is 2. The minimum absolute atomic E-state index is 0.0524. The van der Waals surface area contributed by atoms with Crippen LogP contribution in [0, 0.1) is 11.8 Å². The van der Waals surface area contributed by atoms with E-state index in [1.807, 2.05) is 30.3 Å². The number of thioether (sulfide) groups is 1. The van der Waals surface area contributed by atoms with Gasteiger partial charge in [-0.1, -0.05) is 57.9 Å². The fourth-order valence-corrected chi connectivity index (χ4v) is 9.86. The number of rotatable bonds is 8. The smallest absolute Gasteiger partial charge is 0.310 e. The van der Waals surface area contributed by atoms with Gasteiger partial charge in [-0.3, -0.25) is 14.4 Å². The summed E-state index contributed by atoms with van der Waals surface area (Å²) in [4.78, 5) is 42.8. The maximum atomic E-state index is 14.2. The van der Waals surface area contributed by atoms with Crippen LogP contribution >= 0.6 is 39.3 Å². The number of fused-ring (bicyclic) bond motifs is 1. The molecule has 0 saturated carbocycles. The van der Waals surface area contributed by atoms with E-state index in [0.29, 0.717) is 23.6 Å². The molecule has 1 spiro atoms. The topological polar surface area (TPSA) is 95.9 Å². The van der Waals surface area contributed by atoms with Crippen LogP contribution in [0.3, 0.4) is 0 Å². The number of aliphatic hydroxyl groups excluding tert-OH is 1. The SMILES string of the molecule is CCOC(=O)[C@H]1[C@@H]2SC3(CC2Br)C(C(=O)Nc2ccc(Cl)cc2)N([C@@H](CO)Cc2ccccc2)C(=O)[C@H]13. The zero-order chi connectivity index (χ0) is 26.3. The molecule has 0 aliphatic carbocycles. The zero-order valence-electron chi connectivity index (χ0n) is 20.2. The molecule has 37 heavy (non-hydrogen) atoms. The van der Waals surface area contributed by atoms with E-state index in [1.165, 1.54) is 11.8 Å². The zero-order valence-corrected chi connectivity index (χ0v) is 23.3. The predicted octanol–water partition coefficient (Wildman–Crippen LogP) is 3.91. The van der Waals surface area contributed by atoms with Crippen molar-refractivity contribution in [2.45, 2.75) is 46.7 Å². The molecule has 196 valence electrons. The molecule has 2 aromatic carbocycles. The number of carbonyl (C=O) groups is 3. The standard InChI is InChI=1S/C27H28BrClN2O5S/c1-2-36-26(35)20-21-25(34)31(18(14-32)12-15-6-4-3-5-7-15)23(27(21)13-19(28)22(20)37-27)24(33)30-17-10-8-16(29)9-11-17/h3-11,18-23,32H,2,12-14H2,1H3,(H,30,33)/t18-,19?,20-,21+,22-,23?,27?/m1/s1. The highest BCUT2D eigenvalue weighted by molar-refractivity contribution is 9.09. The molecule has 7 nitrogen and oxygen atoms in total. The molecule has 7 atom stereocenters. The molecule has 2 aromatic rings. The van der Waals surface area contributed by atoms with Crippen LogP contribution in [0.4, 0.5) is 5.69 Å². The van der Waals surface area contributed by atoms with E-state index < -0.39 is 34.6 Å². The van der Waals surface area contributed by atoms with Gasteiger partial charge in [0.05, 0.1) is 35.8 Å². The van der Waals surface area contributed by atoms with Crippen molar-refractivity contribution < 1.29 is 24.2 Å². The van der Waals surface area contributed by atoms with E-state index in [4.69, 9.17) is 16.3 Å². The number of benzene rings is 2. The first-order valence-corrected chi connectivity index (χ1v) is 14.5. The summed E-state index contributed by atoms with van der Waals surface area (Å²) < 4.78 is 4.57.